The largest absolute Gasteiger partial charge is 0.375 e. The third kappa shape index (κ3) is 2.31. The van der Waals surface area contributed by atoms with E-state index in [1.165, 1.54) is 17.8 Å². The van der Waals surface area contributed by atoms with Gasteiger partial charge in [0.2, 0.25) is 5.82 Å². The second-order valence-electron chi connectivity index (χ2n) is 5.39. The topological polar surface area (TPSA) is 87.1 Å². The molecule has 2 aromatic rings. The first-order valence-electron chi connectivity index (χ1n) is 6.74. The zero-order chi connectivity index (χ0) is 14.2. The highest BCUT2D eigenvalue weighted by Gasteiger charge is 2.41. The third-order valence-corrected chi connectivity index (χ3v) is 4.59. The number of nitrogen functional groups attached to an aromatic ring is 1. The number of aromatic nitrogens is 3. The fourth-order valence-electron chi connectivity index (χ4n) is 2.88. The molecule has 2 atom stereocenters. The van der Waals surface area contributed by atoms with Gasteiger partial charge in [-0.05, 0) is 25.2 Å². The van der Waals surface area contributed by atoms with E-state index in [-0.39, 0.29) is 0 Å². The van der Waals surface area contributed by atoms with E-state index < -0.39 is 5.60 Å². The molecule has 0 saturated heterocycles. The Labute approximate surface area is 121 Å². The lowest BCUT2D eigenvalue weighted by molar-refractivity contribution is -0.0658. The smallest absolute Gasteiger partial charge is 0.277 e. The normalized spacial score (nSPS) is 26.8. The summed E-state index contributed by atoms with van der Waals surface area (Å²) in [6.45, 7) is 2.23. The maximum absolute atomic E-state index is 5.76. The first kappa shape index (κ1) is 13.5. The Morgan fingerprint density at radius 1 is 1.50 bits per heavy atom. The summed E-state index contributed by atoms with van der Waals surface area (Å²) < 4.78 is 11.1. The molecule has 2 N–H and O–H groups in total. The molecule has 1 aliphatic rings. The summed E-state index contributed by atoms with van der Waals surface area (Å²) >= 11 is 1.36. The van der Waals surface area contributed by atoms with Crippen LogP contribution in [0.4, 0.5) is 5.13 Å². The monoisotopic (exact) mass is 294 g/mol. The molecule has 0 spiro atoms. The number of nitrogens with zero attached hydrogens (tertiary/aromatic N) is 3. The van der Waals surface area contributed by atoms with Crippen molar-refractivity contribution in [1.29, 1.82) is 0 Å². The van der Waals surface area contributed by atoms with Gasteiger partial charge in [0, 0.05) is 12.5 Å². The highest BCUT2D eigenvalue weighted by Crippen LogP contribution is 2.41. The highest BCUT2D eigenvalue weighted by molar-refractivity contribution is 7.13. The average molecular weight is 294 g/mol. The minimum absolute atomic E-state index is 0.405. The summed E-state index contributed by atoms with van der Waals surface area (Å²) in [5.74, 6) is 1.62. The van der Waals surface area contributed by atoms with Crippen LogP contribution in [-0.2, 0) is 10.3 Å². The van der Waals surface area contributed by atoms with Crippen molar-refractivity contribution in [2.24, 2.45) is 5.92 Å². The average Bonchev–Trinajstić information content (AvgIpc) is 3.07. The lowest BCUT2D eigenvalue weighted by Crippen LogP contribution is -2.35. The molecule has 0 bridgehead atoms. The van der Waals surface area contributed by atoms with E-state index in [4.69, 9.17) is 15.0 Å². The summed E-state index contributed by atoms with van der Waals surface area (Å²) in [6, 6.07) is 0. The quantitative estimate of drug-likeness (QED) is 0.936. The molecule has 1 aliphatic carbocycles. The molecule has 108 valence electrons. The summed E-state index contributed by atoms with van der Waals surface area (Å²) in [6.07, 6.45) is 4.18. The first-order valence-corrected chi connectivity index (χ1v) is 7.61. The van der Waals surface area contributed by atoms with Gasteiger partial charge in [0.25, 0.3) is 5.89 Å². The number of nitrogens with two attached hydrogens (primary N) is 1. The summed E-state index contributed by atoms with van der Waals surface area (Å²) in [4.78, 5) is 8.64. The molecule has 2 heterocycles. The van der Waals surface area contributed by atoms with Gasteiger partial charge >= 0.3 is 0 Å². The van der Waals surface area contributed by atoms with Gasteiger partial charge in [0.15, 0.2) is 5.13 Å². The van der Waals surface area contributed by atoms with E-state index in [1.54, 1.807) is 7.11 Å². The molecular formula is C13H18N4O2S. The van der Waals surface area contributed by atoms with Gasteiger partial charge in [-0.3, -0.25) is 0 Å². The van der Waals surface area contributed by atoms with E-state index in [0.29, 0.717) is 28.5 Å². The Kier molecular flexibility index (Phi) is 3.47. The van der Waals surface area contributed by atoms with Crippen molar-refractivity contribution in [3.63, 3.8) is 0 Å². The number of hydrogen-bond donors (Lipinski definition) is 1. The first-order chi connectivity index (χ1) is 9.63. The van der Waals surface area contributed by atoms with E-state index >= 15 is 0 Å². The molecule has 3 rings (SSSR count). The van der Waals surface area contributed by atoms with Crippen LogP contribution >= 0.6 is 11.3 Å². The van der Waals surface area contributed by atoms with Crippen molar-refractivity contribution >= 4 is 16.5 Å². The van der Waals surface area contributed by atoms with Gasteiger partial charge in [-0.1, -0.05) is 18.5 Å². The SMILES string of the molecule is COC1(c2noc(-c3csc(N)n3)n2)CCCC(C)C1. The number of thiazole rings is 1. The van der Waals surface area contributed by atoms with E-state index in [2.05, 4.69) is 22.0 Å². The molecule has 6 nitrogen and oxygen atoms in total. The van der Waals surface area contributed by atoms with Crippen LogP contribution in [0, 0.1) is 5.92 Å². The molecule has 2 aromatic heterocycles. The van der Waals surface area contributed by atoms with Gasteiger partial charge in [-0.15, -0.1) is 11.3 Å². The van der Waals surface area contributed by atoms with Crippen LogP contribution in [0.25, 0.3) is 11.6 Å². The van der Waals surface area contributed by atoms with Gasteiger partial charge in [0.1, 0.15) is 11.3 Å². The fourth-order valence-corrected chi connectivity index (χ4v) is 3.42. The lowest BCUT2D eigenvalue weighted by Gasteiger charge is -2.36. The number of ether oxygens (including phenoxy) is 1. The molecule has 0 radical (unpaired) electrons. The molecular weight excluding hydrogens is 276 g/mol. The summed E-state index contributed by atoms with van der Waals surface area (Å²) in [5, 5.41) is 6.42. The molecule has 7 heteroatoms. The van der Waals surface area contributed by atoms with Crippen molar-refractivity contribution in [1.82, 2.24) is 15.1 Å². The maximum atomic E-state index is 5.76. The lowest BCUT2D eigenvalue weighted by atomic mass is 9.78. The number of rotatable bonds is 3. The Morgan fingerprint density at radius 2 is 2.35 bits per heavy atom. The molecule has 1 fully saturated rings. The van der Waals surface area contributed by atoms with Crippen LogP contribution < -0.4 is 5.73 Å². The van der Waals surface area contributed by atoms with Gasteiger partial charge < -0.3 is 15.0 Å². The molecule has 0 aliphatic heterocycles. The summed E-state index contributed by atoms with van der Waals surface area (Å²) in [5.41, 5.74) is 5.83. The Balaban J connectivity index is 1.91. The van der Waals surface area contributed by atoms with Crippen LogP contribution in [0.1, 0.15) is 38.4 Å². The predicted molar refractivity (Wildman–Crippen MR) is 76.1 cm³/mol. The van der Waals surface area contributed by atoms with Crippen LogP contribution in [0.5, 0.6) is 0 Å². The van der Waals surface area contributed by atoms with Gasteiger partial charge in [0.05, 0.1) is 0 Å². The minimum Gasteiger partial charge on any atom is -0.375 e. The highest BCUT2D eigenvalue weighted by atomic mass is 32.1. The molecule has 0 amide bonds. The molecule has 2 unspecified atom stereocenters. The zero-order valence-corrected chi connectivity index (χ0v) is 12.4. The van der Waals surface area contributed by atoms with E-state index in [0.717, 1.165) is 19.3 Å². The molecule has 0 aromatic carbocycles. The van der Waals surface area contributed by atoms with Crippen molar-refractivity contribution in [3.05, 3.63) is 11.2 Å². The number of methoxy groups -OCH3 is 1. The second kappa shape index (κ2) is 5.14. The van der Waals surface area contributed by atoms with Crippen LogP contribution in [0.2, 0.25) is 0 Å². The van der Waals surface area contributed by atoms with Crippen LogP contribution in [-0.4, -0.2) is 22.2 Å². The van der Waals surface area contributed by atoms with Crippen LogP contribution in [0.15, 0.2) is 9.90 Å². The standard InChI is InChI=1S/C13H18N4O2S/c1-8-4-3-5-13(6-8,18-2)11-16-10(19-17-11)9-7-20-12(14)15-9/h7-8H,3-6H2,1-2H3,(H2,14,15). The molecule has 20 heavy (non-hydrogen) atoms. The zero-order valence-electron chi connectivity index (χ0n) is 11.6. The third-order valence-electron chi connectivity index (χ3n) is 3.92. The Hall–Kier alpha value is -1.47. The minimum atomic E-state index is -0.430. The predicted octanol–water partition coefficient (Wildman–Crippen LogP) is 2.83. The van der Waals surface area contributed by atoms with Gasteiger partial charge in [-0.25, -0.2) is 4.98 Å². The van der Waals surface area contributed by atoms with E-state index in [1.807, 2.05) is 5.38 Å². The number of anilines is 1. The van der Waals surface area contributed by atoms with Crippen molar-refractivity contribution in [3.8, 4) is 11.6 Å². The molecule has 1 saturated carbocycles. The van der Waals surface area contributed by atoms with Crippen molar-refractivity contribution in [2.75, 3.05) is 12.8 Å². The van der Waals surface area contributed by atoms with Crippen LogP contribution in [0.3, 0.4) is 0 Å². The second-order valence-corrected chi connectivity index (χ2v) is 6.28. The maximum Gasteiger partial charge on any atom is 0.277 e. The van der Waals surface area contributed by atoms with E-state index in [9.17, 15) is 0 Å². The Bertz CT molecular complexity index is 597. The Morgan fingerprint density at radius 3 is 3.00 bits per heavy atom. The fraction of sp³-hybridized carbons (Fsp3) is 0.615. The van der Waals surface area contributed by atoms with Crippen molar-refractivity contribution < 1.29 is 9.26 Å². The number of hydrogen-bond acceptors (Lipinski definition) is 7. The van der Waals surface area contributed by atoms with Crippen molar-refractivity contribution in [2.45, 2.75) is 38.2 Å². The van der Waals surface area contributed by atoms with Gasteiger partial charge in [-0.2, -0.15) is 4.98 Å². The summed E-state index contributed by atoms with van der Waals surface area (Å²) in [7, 11) is 1.72.